The molecule has 2 atom stereocenters. The van der Waals surface area contributed by atoms with Gasteiger partial charge in [-0.3, -0.25) is 4.90 Å². The van der Waals surface area contributed by atoms with Gasteiger partial charge in [0.2, 0.25) is 0 Å². The van der Waals surface area contributed by atoms with Crippen LogP contribution in [0.2, 0.25) is 0 Å². The predicted molar refractivity (Wildman–Crippen MR) is 68.3 cm³/mol. The van der Waals surface area contributed by atoms with Crippen LogP contribution in [0.25, 0.3) is 0 Å². The number of methoxy groups -OCH3 is 1. The fourth-order valence-electron chi connectivity index (χ4n) is 2.56. The monoisotopic (exact) mass is 242 g/mol. The second-order valence-corrected chi connectivity index (χ2v) is 5.17. The van der Waals surface area contributed by atoms with Gasteiger partial charge in [-0.15, -0.1) is 0 Å². The van der Waals surface area contributed by atoms with Crippen molar-refractivity contribution in [2.24, 2.45) is 0 Å². The summed E-state index contributed by atoms with van der Waals surface area (Å²) in [6.45, 7) is 6.88. The third-order valence-electron chi connectivity index (χ3n) is 3.79. The number of rotatable bonds is 7. The maximum Gasteiger partial charge on any atom is 0.0630 e. The average molecular weight is 242 g/mol. The minimum atomic E-state index is 0.495. The third kappa shape index (κ3) is 3.91. The smallest absolute Gasteiger partial charge is 0.0630 e. The van der Waals surface area contributed by atoms with E-state index in [9.17, 15) is 0 Å². The summed E-state index contributed by atoms with van der Waals surface area (Å²) in [6.07, 6.45) is 3.85. The van der Waals surface area contributed by atoms with Crippen LogP contribution in [0.15, 0.2) is 0 Å². The normalized spacial score (nSPS) is 28.2. The summed E-state index contributed by atoms with van der Waals surface area (Å²) in [5.74, 6) is 0. The molecule has 0 spiro atoms. The molecule has 1 saturated carbocycles. The molecule has 1 N–H and O–H groups in total. The summed E-state index contributed by atoms with van der Waals surface area (Å²) < 4.78 is 10.9. The highest BCUT2D eigenvalue weighted by molar-refractivity contribution is 4.87. The lowest BCUT2D eigenvalue weighted by Gasteiger charge is -2.40. The zero-order valence-corrected chi connectivity index (χ0v) is 11.2. The van der Waals surface area contributed by atoms with E-state index in [0.717, 1.165) is 45.4 Å². The van der Waals surface area contributed by atoms with Gasteiger partial charge in [0.1, 0.15) is 0 Å². The average Bonchev–Trinajstić information content (AvgIpc) is 3.18. The standard InChI is InChI=1S/C13H26N2O2/c1-3-12-10-17-7-6-15(12)13(9-16-2)8-14-11-4-5-11/h11-14H,3-10H2,1-2H3. The van der Waals surface area contributed by atoms with Crippen molar-refractivity contribution in [3.63, 3.8) is 0 Å². The van der Waals surface area contributed by atoms with E-state index in [0.29, 0.717) is 12.1 Å². The Labute approximate surface area is 105 Å². The van der Waals surface area contributed by atoms with Crippen LogP contribution in [0.1, 0.15) is 26.2 Å². The molecule has 2 rings (SSSR count). The minimum absolute atomic E-state index is 0.495. The molecule has 4 nitrogen and oxygen atoms in total. The second kappa shape index (κ2) is 6.69. The van der Waals surface area contributed by atoms with Crippen LogP contribution in [0.3, 0.4) is 0 Å². The van der Waals surface area contributed by atoms with E-state index in [2.05, 4.69) is 17.1 Å². The fraction of sp³-hybridized carbons (Fsp3) is 1.00. The maximum atomic E-state index is 5.57. The molecule has 0 amide bonds. The Morgan fingerprint density at radius 2 is 2.29 bits per heavy atom. The molecule has 17 heavy (non-hydrogen) atoms. The van der Waals surface area contributed by atoms with Crippen LogP contribution in [-0.4, -0.2) is 63.0 Å². The van der Waals surface area contributed by atoms with Gasteiger partial charge in [-0.05, 0) is 19.3 Å². The SMILES string of the molecule is CCC1COCCN1C(CNC1CC1)COC. The van der Waals surface area contributed by atoms with E-state index >= 15 is 0 Å². The van der Waals surface area contributed by atoms with Gasteiger partial charge in [-0.1, -0.05) is 6.92 Å². The van der Waals surface area contributed by atoms with Crippen LogP contribution in [0.5, 0.6) is 0 Å². The van der Waals surface area contributed by atoms with E-state index in [4.69, 9.17) is 9.47 Å². The van der Waals surface area contributed by atoms with Crippen molar-refractivity contribution >= 4 is 0 Å². The number of morpholine rings is 1. The van der Waals surface area contributed by atoms with Gasteiger partial charge in [-0.2, -0.15) is 0 Å². The Bertz CT molecular complexity index is 221. The van der Waals surface area contributed by atoms with Crippen molar-refractivity contribution in [1.82, 2.24) is 10.2 Å². The third-order valence-corrected chi connectivity index (χ3v) is 3.79. The van der Waals surface area contributed by atoms with Crippen molar-refractivity contribution < 1.29 is 9.47 Å². The molecule has 0 aromatic rings. The topological polar surface area (TPSA) is 33.7 Å². The largest absolute Gasteiger partial charge is 0.383 e. The highest BCUT2D eigenvalue weighted by Gasteiger charge is 2.30. The van der Waals surface area contributed by atoms with Gasteiger partial charge < -0.3 is 14.8 Å². The minimum Gasteiger partial charge on any atom is -0.383 e. The first-order chi connectivity index (χ1) is 8.35. The summed E-state index contributed by atoms with van der Waals surface area (Å²) >= 11 is 0. The molecule has 100 valence electrons. The van der Waals surface area contributed by atoms with E-state index in [-0.39, 0.29) is 0 Å². The Morgan fingerprint density at radius 3 is 2.94 bits per heavy atom. The van der Waals surface area contributed by atoms with Crippen LogP contribution >= 0.6 is 0 Å². The molecule has 1 aliphatic carbocycles. The Hall–Kier alpha value is -0.160. The van der Waals surface area contributed by atoms with Crippen LogP contribution in [0, 0.1) is 0 Å². The van der Waals surface area contributed by atoms with Crippen molar-refractivity contribution in [2.45, 2.75) is 44.3 Å². The first kappa shape index (κ1) is 13.3. The molecule has 1 aliphatic heterocycles. The number of ether oxygens (including phenoxy) is 2. The van der Waals surface area contributed by atoms with Gasteiger partial charge in [-0.25, -0.2) is 0 Å². The zero-order chi connectivity index (χ0) is 12.1. The first-order valence-electron chi connectivity index (χ1n) is 6.91. The Balaban J connectivity index is 1.86. The lowest BCUT2D eigenvalue weighted by Crippen LogP contribution is -2.55. The molecule has 2 unspecified atom stereocenters. The predicted octanol–water partition coefficient (Wildman–Crippen LogP) is 0.864. The van der Waals surface area contributed by atoms with Crippen LogP contribution in [-0.2, 0) is 9.47 Å². The second-order valence-electron chi connectivity index (χ2n) is 5.17. The van der Waals surface area contributed by atoms with E-state index in [1.54, 1.807) is 7.11 Å². The molecule has 2 aliphatic rings. The molecular formula is C13H26N2O2. The Morgan fingerprint density at radius 1 is 1.47 bits per heavy atom. The first-order valence-corrected chi connectivity index (χ1v) is 6.91. The van der Waals surface area contributed by atoms with Gasteiger partial charge in [0.15, 0.2) is 0 Å². The Kier molecular flexibility index (Phi) is 5.22. The molecule has 0 bridgehead atoms. The van der Waals surface area contributed by atoms with E-state index in [1.807, 2.05) is 0 Å². The number of hydrogen-bond acceptors (Lipinski definition) is 4. The molecule has 4 heteroatoms. The molecule has 0 aromatic heterocycles. The molecule has 2 fully saturated rings. The summed E-state index contributed by atoms with van der Waals surface area (Å²) in [5.41, 5.74) is 0. The lowest BCUT2D eigenvalue weighted by atomic mass is 10.1. The number of hydrogen-bond donors (Lipinski definition) is 1. The maximum absolute atomic E-state index is 5.57. The highest BCUT2D eigenvalue weighted by atomic mass is 16.5. The van der Waals surface area contributed by atoms with E-state index < -0.39 is 0 Å². The van der Waals surface area contributed by atoms with Gasteiger partial charge in [0.05, 0.1) is 19.8 Å². The quantitative estimate of drug-likeness (QED) is 0.718. The molecule has 0 radical (unpaired) electrons. The van der Waals surface area contributed by atoms with Gasteiger partial charge >= 0.3 is 0 Å². The summed E-state index contributed by atoms with van der Waals surface area (Å²) in [7, 11) is 1.80. The van der Waals surface area contributed by atoms with Crippen LogP contribution < -0.4 is 5.32 Å². The fourth-order valence-corrected chi connectivity index (χ4v) is 2.56. The van der Waals surface area contributed by atoms with Crippen molar-refractivity contribution in [2.75, 3.05) is 40.0 Å². The summed E-state index contributed by atoms with van der Waals surface area (Å²) in [5, 5.41) is 3.62. The molecule has 0 aromatic carbocycles. The van der Waals surface area contributed by atoms with Gasteiger partial charge in [0.25, 0.3) is 0 Å². The molecule has 1 saturated heterocycles. The van der Waals surface area contributed by atoms with Gasteiger partial charge in [0, 0.05) is 38.3 Å². The van der Waals surface area contributed by atoms with Crippen LogP contribution in [0.4, 0.5) is 0 Å². The highest BCUT2D eigenvalue weighted by Crippen LogP contribution is 2.20. The molecule has 1 heterocycles. The van der Waals surface area contributed by atoms with Crippen molar-refractivity contribution in [1.29, 1.82) is 0 Å². The summed E-state index contributed by atoms with van der Waals surface area (Å²) in [4.78, 5) is 2.57. The number of nitrogens with one attached hydrogen (secondary N) is 1. The van der Waals surface area contributed by atoms with Crippen molar-refractivity contribution in [3.05, 3.63) is 0 Å². The summed E-state index contributed by atoms with van der Waals surface area (Å²) in [6, 6.07) is 1.83. The molecular weight excluding hydrogens is 216 g/mol. The number of nitrogens with zero attached hydrogens (tertiary/aromatic N) is 1. The lowest BCUT2D eigenvalue weighted by molar-refractivity contribution is -0.0445. The van der Waals surface area contributed by atoms with E-state index in [1.165, 1.54) is 12.8 Å². The van der Waals surface area contributed by atoms with Crippen molar-refractivity contribution in [3.8, 4) is 0 Å². The zero-order valence-electron chi connectivity index (χ0n) is 11.2.